The Morgan fingerprint density at radius 1 is 1.24 bits per heavy atom. The van der Waals surface area contributed by atoms with Gasteiger partial charge in [-0.2, -0.15) is 0 Å². The molecule has 1 aliphatic rings. The Hall–Kier alpha value is -1.40. The Bertz CT molecular complexity index is 673. The Morgan fingerprint density at radius 2 is 1.84 bits per heavy atom. The third-order valence-electron chi connectivity index (χ3n) is 4.37. The number of hydrogen-bond acceptors (Lipinski definition) is 3. The van der Waals surface area contributed by atoms with Crippen LogP contribution in [-0.2, 0) is 15.6 Å². The van der Waals surface area contributed by atoms with Gasteiger partial charge in [-0.1, -0.05) is 25.4 Å². The summed E-state index contributed by atoms with van der Waals surface area (Å²) in [5.74, 6) is -0.0146. The molecule has 0 radical (unpaired) electrons. The average molecular weight is 385 g/mol. The number of nitrogens with zero attached hydrogens (tertiary/aromatic N) is 1. The fourth-order valence-corrected chi connectivity index (χ4v) is 4.17. The lowest BCUT2D eigenvalue weighted by Crippen LogP contribution is -2.58. The van der Waals surface area contributed by atoms with E-state index in [9.17, 15) is 13.8 Å². The van der Waals surface area contributed by atoms with Crippen LogP contribution in [0.4, 0.5) is 0 Å². The van der Waals surface area contributed by atoms with Crippen LogP contribution < -0.4 is 5.32 Å². The van der Waals surface area contributed by atoms with Crippen molar-refractivity contribution in [3.63, 3.8) is 0 Å². The molecule has 0 saturated carbocycles. The van der Waals surface area contributed by atoms with E-state index in [1.807, 2.05) is 27.7 Å². The van der Waals surface area contributed by atoms with Gasteiger partial charge in [-0.15, -0.1) is 0 Å². The standard InChI is InChI=1S/C18H25ClN2O3S/c1-12(2)15(20-16(22)13-5-7-14(19)8-6-13)17(23)21-9-10-25(24)18(3,4)11-21/h5-8,12,15H,9-11H2,1-4H3,(H,20,22). The first-order valence-corrected chi connectivity index (χ1v) is 10.0. The van der Waals surface area contributed by atoms with Gasteiger partial charge in [-0.05, 0) is 44.0 Å². The van der Waals surface area contributed by atoms with Gasteiger partial charge in [0.05, 0.1) is 4.75 Å². The van der Waals surface area contributed by atoms with Crippen molar-refractivity contribution in [2.75, 3.05) is 18.8 Å². The zero-order chi connectivity index (χ0) is 18.8. The fourth-order valence-electron chi connectivity index (χ4n) is 2.80. The number of halogens is 1. The normalized spacial score (nSPS) is 21.0. The average Bonchev–Trinajstić information content (AvgIpc) is 2.54. The summed E-state index contributed by atoms with van der Waals surface area (Å²) in [5, 5.41) is 3.39. The van der Waals surface area contributed by atoms with Crippen molar-refractivity contribution < 1.29 is 13.8 Å². The fraction of sp³-hybridized carbons (Fsp3) is 0.556. The number of hydrogen-bond donors (Lipinski definition) is 1. The second kappa shape index (κ2) is 7.87. The van der Waals surface area contributed by atoms with Gasteiger partial charge in [-0.25, -0.2) is 0 Å². The molecule has 25 heavy (non-hydrogen) atoms. The predicted molar refractivity (Wildman–Crippen MR) is 101 cm³/mol. The zero-order valence-electron chi connectivity index (χ0n) is 15.0. The minimum Gasteiger partial charge on any atom is -0.340 e. The number of carbonyl (C=O) groups is 2. The highest BCUT2D eigenvalue weighted by Crippen LogP contribution is 2.22. The van der Waals surface area contributed by atoms with Gasteiger partial charge >= 0.3 is 0 Å². The maximum absolute atomic E-state index is 12.9. The summed E-state index contributed by atoms with van der Waals surface area (Å²) in [6.07, 6.45) is 0. The molecule has 5 nitrogen and oxygen atoms in total. The lowest BCUT2D eigenvalue weighted by atomic mass is 10.0. The van der Waals surface area contributed by atoms with Crippen molar-refractivity contribution in [2.24, 2.45) is 5.92 Å². The summed E-state index contributed by atoms with van der Waals surface area (Å²) in [5.41, 5.74) is 0.461. The molecule has 2 unspecified atom stereocenters. The van der Waals surface area contributed by atoms with Crippen molar-refractivity contribution in [2.45, 2.75) is 38.5 Å². The first-order valence-electron chi connectivity index (χ1n) is 8.35. The van der Waals surface area contributed by atoms with Gasteiger partial charge in [0.1, 0.15) is 6.04 Å². The lowest BCUT2D eigenvalue weighted by Gasteiger charge is -2.39. The largest absolute Gasteiger partial charge is 0.340 e. The monoisotopic (exact) mass is 384 g/mol. The molecule has 1 N–H and O–H groups in total. The van der Waals surface area contributed by atoms with E-state index >= 15 is 0 Å². The molecule has 2 rings (SSSR count). The number of rotatable bonds is 4. The highest BCUT2D eigenvalue weighted by Gasteiger charge is 2.38. The highest BCUT2D eigenvalue weighted by molar-refractivity contribution is 7.86. The number of benzene rings is 1. The van der Waals surface area contributed by atoms with Crippen molar-refractivity contribution in [3.8, 4) is 0 Å². The second-order valence-corrected chi connectivity index (χ2v) is 9.91. The van der Waals surface area contributed by atoms with Gasteiger partial charge in [0, 0.05) is 40.2 Å². The van der Waals surface area contributed by atoms with E-state index in [-0.39, 0.29) is 17.7 Å². The smallest absolute Gasteiger partial charge is 0.251 e. The molecule has 2 atom stereocenters. The zero-order valence-corrected chi connectivity index (χ0v) is 16.6. The molecule has 0 aliphatic carbocycles. The summed E-state index contributed by atoms with van der Waals surface area (Å²) in [4.78, 5) is 27.1. The summed E-state index contributed by atoms with van der Waals surface area (Å²) < 4.78 is 11.6. The molecule has 1 heterocycles. The Balaban J connectivity index is 2.12. The van der Waals surface area contributed by atoms with Crippen LogP contribution in [0.5, 0.6) is 0 Å². The lowest BCUT2D eigenvalue weighted by molar-refractivity contribution is -0.134. The van der Waals surface area contributed by atoms with E-state index in [1.54, 1.807) is 29.2 Å². The summed E-state index contributed by atoms with van der Waals surface area (Å²) in [6.45, 7) is 8.49. The van der Waals surface area contributed by atoms with Crippen LogP contribution in [0, 0.1) is 5.92 Å². The van der Waals surface area contributed by atoms with Crippen LogP contribution in [0.2, 0.25) is 5.02 Å². The predicted octanol–water partition coefficient (Wildman–Crippen LogP) is 2.46. The maximum Gasteiger partial charge on any atom is 0.251 e. The molecular weight excluding hydrogens is 360 g/mol. The summed E-state index contributed by atoms with van der Waals surface area (Å²) >= 11 is 5.85. The summed E-state index contributed by atoms with van der Waals surface area (Å²) in [6, 6.07) is 5.93. The molecule has 0 aromatic heterocycles. The van der Waals surface area contributed by atoms with E-state index in [1.165, 1.54) is 0 Å². The van der Waals surface area contributed by atoms with E-state index < -0.39 is 21.6 Å². The molecule has 1 saturated heterocycles. The molecule has 0 bridgehead atoms. The van der Waals surface area contributed by atoms with Crippen molar-refractivity contribution in [1.82, 2.24) is 10.2 Å². The summed E-state index contributed by atoms with van der Waals surface area (Å²) in [7, 11) is -0.948. The van der Waals surface area contributed by atoms with Crippen LogP contribution in [0.15, 0.2) is 24.3 Å². The van der Waals surface area contributed by atoms with E-state index in [0.717, 1.165) is 0 Å². The second-order valence-electron chi connectivity index (χ2n) is 7.27. The van der Waals surface area contributed by atoms with Crippen LogP contribution in [0.3, 0.4) is 0 Å². The molecule has 1 aromatic carbocycles. The molecule has 2 amide bonds. The van der Waals surface area contributed by atoms with Crippen LogP contribution >= 0.6 is 11.6 Å². The number of carbonyl (C=O) groups excluding carboxylic acids is 2. The first-order chi connectivity index (χ1) is 11.6. The molecule has 1 aliphatic heterocycles. The van der Waals surface area contributed by atoms with Crippen molar-refractivity contribution in [3.05, 3.63) is 34.9 Å². The molecule has 1 aromatic rings. The number of amides is 2. The third kappa shape index (κ3) is 4.82. The van der Waals surface area contributed by atoms with Gasteiger partial charge in [-0.3, -0.25) is 13.8 Å². The Kier molecular flexibility index (Phi) is 6.27. The van der Waals surface area contributed by atoms with Crippen LogP contribution in [-0.4, -0.2) is 50.6 Å². The Morgan fingerprint density at radius 3 is 2.36 bits per heavy atom. The van der Waals surface area contributed by atoms with Gasteiger partial charge < -0.3 is 10.2 Å². The van der Waals surface area contributed by atoms with Crippen LogP contribution in [0.25, 0.3) is 0 Å². The van der Waals surface area contributed by atoms with Crippen molar-refractivity contribution >= 4 is 34.2 Å². The van der Waals surface area contributed by atoms with Gasteiger partial charge in [0.2, 0.25) is 5.91 Å². The maximum atomic E-state index is 12.9. The van der Waals surface area contributed by atoms with Crippen molar-refractivity contribution in [1.29, 1.82) is 0 Å². The highest BCUT2D eigenvalue weighted by atomic mass is 35.5. The topological polar surface area (TPSA) is 66.5 Å². The minimum atomic E-state index is -0.948. The molecule has 7 heteroatoms. The third-order valence-corrected chi connectivity index (χ3v) is 6.54. The molecule has 0 spiro atoms. The van der Waals surface area contributed by atoms with Crippen LogP contribution in [0.1, 0.15) is 38.1 Å². The van der Waals surface area contributed by atoms with E-state index in [2.05, 4.69) is 5.32 Å². The molecule has 1 fully saturated rings. The quantitative estimate of drug-likeness (QED) is 0.867. The SMILES string of the molecule is CC(C)C(NC(=O)c1ccc(Cl)cc1)C(=O)N1CCS(=O)C(C)(C)C1. The Labute approximate surface area is 156 Å². The van der Waals surface area contributed by atoms with E-state index in [4.69, 9.17) is 11.6 Å². The van der Waals surface area contributed by atoms with E-state index in [0.29, 0.717) is 29.4 Å². The minimum absolute atomic E-state index is 0.0562. The first kappa shape index (κ1) is 19.9. The van der Waals surface area contributed by atoms with Gasteiger partial charge in [0.25, 0.3) is 5.91 Å². The molecule has 138 valence electrons. The van der Waals surface area contributed by atoms with Gasteiger partial charge in [0.15, 0.2) is 0 Å². The number of nitrogens with one attached hydrogen (secondary N) is 1. The molecular formula is C18H25ClN2O3S.